The van der Waals surface area contributed by atoms with Crippen molar-refractivity contribution in [3.63, 3.8) is 0 Å². The lowest BCUT2D eigenvalue weighted by molar-refractivity contribution is -0.122. The van der Waals surface area contributed by atoms with Crippen molar-refractivity contribution in [3.05, 3.63) is 101 Å². The molecular weight excluding hydrogens is 526 g/mol. The fourth-order valence-corrected chi connectivity index (χ4v) is 5.16. The van der Waals surface area contributed by atoms with E-state index in [0.717, 1.165) is 24.0 Å². The summed E-state index contributed by atoms with van der Waals surface area (Å²) in [6.45, 7) is 7.99. The maximum atomic E-state index is 13.6. The van der Waals surface area contributed by atoms with Gasteiger partial charge >= 0.3 is 0 Å². The van der Waals surface area contributed by atoms with Crippen LogP contribution in [-0.4, -0.2) is 31.5 Å². The molecule has 0 aliphatic heterocycles. The Labute approximate surface area is 245 Å². The van der Waals surface area contributed by atoms with Gasteiger partial charge in [0.1, 0.15) is 24.0 Å². The highest BCUT2D eigenvalue weighted by molar-refractivity contribution is 5.84. The summed E-state index contributed by atoms with van der Waals surface area (Å²) in [6.07, 6.45) is 11.7. The molecule has 0 spiro atoms. The molecule has 10 heteroatoms. The van der Waals surface area contributed by atoms with Crippen LogP contribution in [0.4, 0.5) is 17.5 Å². The van der Waals surface area contributed by atoms with Gasteiger partial charge < -0.3 is 16.0 Å². The summed E-state index contributed by atoms with van der Waals surface area (Å²) >= 11 is 0. The van der Waals surface area contributed by atoms with Crippen LogP contribution in [0.3, 0.4) is 0 Å². The average Bonchev–Trinajstić information content (AvgIpc) is 3.59. The third kappa shape index (κ3) is 7.70. The van der Waals surface area contributed by atoms with Crippen LogP contribution in [0.5, 0.6) is 0 Å². The molecule has 1 aliphatic carbocycles. The minimum absolute atomic E-state index is 0.0929. The number of nitrogens with one attached hydrogen (secondary N) is 3. The SMILES string of the molecule is [C-]#[N+]c1ccc(CNC(=O)[C@@H](CC2CCCCC2)Nc2cc(-n3ccnc3)nc(NCc3ccc(C#N)cc3)n2)cc1. The number of nitrogens with zero attached hydrogens (tertiary/aromatic N) is 6. The molecule has 0 bridgehead atoms. The van der Waals surface area contributed by atoms with Crippen molar-refractivity contribution in [2.45, 2.75) is 57.7 Å². The van der Waals surface area contributed by atoms with Crippen molar-refractivity contribution in [1.82, 2.24) is 24.8 Å². The first-order valence-corrected chi connectivity index (χ1v) is 14.2. The van der Waals surface area contributed by atoms with Gasteiger partial charge in [0.05, 0.1) is 18.2 Å². The average molecular weight is 560 g/mol. The van der Waals surface area contributed by atoms with Crippen molar-refractivity contribution >= 4 is 23.4 Å². The molecule has 2 aromatic carbocycles. The summed E-state index contributed by atoms with van der Waals surface area (Å²) in [5.41, 5.74) is 3.10. The van der Waals surface area contributed by atoms with Gasteiger partial charge in [-0.15, -0.1) is 0 Å². The highest BCUT2D eigenvalue weighted by Crippen LogP contribution is 2.28. The lowest BCUT2D eigenvalue weighted by Gasteiger charge is -2.27. The summed E-state index contributed by atoms with van der Waals surface area (Å²) in [6, 6.07) is 18.1. The number of imidazole rings is 1. The Morgan fingerprint density at radius 2 is 1.79 bits per heavy atom. The van der Waals surface area contributed by atoms with Gasteiger partial charge in [-0.2, -0.15) is 15.2 Å². The Bertz CT molecular complexity index is 1550. The second-order valence-electron chi connectivity index (χ2n) is 10.5. The molecule has 1 amide bonds. The second-order valence-corrected chi connectivity index (χ2v) is 10.5. The first-order chi connectivity index (χ1) is 20.6. The Kier molecular flexibility index (Phi) is 9.38. The minimum atomic E-state index is -0.479. The predicted octanol–water partition coefficient (Wildman–Crippen LogP) is 5.76. The number of aromatic nitrogens is 4. The topological polar surface area (TPSA) is 125 Å². The zero-order valence-electron chi connectivity index (χ0n) is 23.3. The number of hydrogen-bond donors (Lipinski definition) is 3. The van der Waals surface area contributed by atoms with Crippen molar-refractivity contribution in [3.8, 4) is 11.9 Å². The predicted molar refractivity (Wildman–Crippen MR) is 161 cm³/mol. The van der Waals surface area contributed by atoms with E-state index in [2.05, 4.69) is 36.8 Å². The maximum absolute atomic E-state index is 13.6. The quantitative estimate of drug-likeness (QED) is 0.199. The molecule has 10 nitrogen and oxygen atoms in total. The van der Waals surface area contributed by atoms with E-state index < -0.39 is 6.04 Å². The van der Waals surface area contributed by atoms with Crippen molar-refractivity contribution in [2.75, 3.05) is 10.6 Å². The molecule has 1 aliphatic rings. The van der Waals surface area contributed by atoms with Gasteiger partial charge in [0.2, 0.25) is 11.9 Å². The molecule has 5 rings (SSSR count). The lowest BCUT2D eigenvalue weighted by Crippen LogP contribution is -2.41. The third-order valence-electron chi connectivity index (χ3n) is 7.48. The Morgan fingerprint density at radius 3 is 2.48 bits per heavy atom. The van der Waals surface area contributed by atoms with E-state index in [1.165, 1.54) is 19.3 Å². The van der Waals surface area contributed by atoms with Crippen LogP contribution in [0.15, 0.2) is 73.3 Å². The van der Waals surface area contributed by atoms with Crippen LogP contribution in [0, 0.1) is 23.8 Å². The Balaban J connectivity index is 1.35. The molecular formula is C32H33N9O. The van der Waals surface area contributed by atoms with Crippen LogP contribution < -0.4 is 16.0 Å². The summed E-state index contributed by atoms with van der Waals surface area (Å²) in [5.74, 6) is 1.93. The maximum Gasteiger partial charge on any atom is 0.242 e. The molecule has 1 atom stereocenters. The normalized spacial score (nSPS) is 13.9. The number of amides is 1. The minimum Gasteiger partial charge on any atom is -0.358 e. The molecule has 2 heterocycles. The van der Waals surface area contributed by atoms with Gasteiger partial charge in [0, 0.05) is 31.5 Å². The molecule has 1 saturated carbocycles. The Morgan fingerprint density at radius 1 is 1.05 bits per heavy atom. The van der Waals surface area contributed by atoms with Crippen LogP contribution >= 0.6 is 0 Å². The fraction of sp³-hybridized carbons (Fsp3) is 0.312. The monoisotopic (exact) mass is 559 g/mol. The first kappa shape index (κ1) is 28.3. The van der Waals surface area contributed by atoms with E-state index in [0.29, 0.717) is 54.3 Å². The summed E-state index contributed by atoms with van der Waals surface area (Å²) in [7, 11) is 0. The molecule has 212 valence electrons. The fourth-order valence-electron chi connectivity index (χ4n) is 5.16. The van der Waals surface area contributed by atoms with Crippen molar-refractivity contribution in [1.29, 1.82) is 5.26 Å². The molecule has 4 aromatic rings. The lowest BCUT2D eigenvalue weighted by atomic mass is 9.84. The molecule has 1 fully saturated rings. The largest absolute Gasteiger partial charge is 0.358 e. The first-order valence-electron chi connectivity index (χ1n) is 14.2. The zero-order chi connectivity index (χ0) is 29.1. The summed E-state index contributed by atoms with van der Waals surface area (Å²) in [4.78, 5) is 30.5. The highest BCUT2D eigenvalue weighted by Gasteiger charge is 2.25. The number of benzene rings is 2. The van der Waals surface area contributed by atoms with Crippen molar-refractivity contribution < 1.29 is 4.79 Å². The number of hydrogen-bond acceptors (Lipinski definition) is 7. The van der Waals surface area contributed by atoms with Gasteiger partial charge in [-0.3, -0.25) is 9.36 Å². The van der Waals surface area contributed by atoms with Gasteiger partial charge in [-0.05, 0) is 35.6 Å². The molecule has 0 unspecified atom stereocenters. The van der Waals surface area contributed by atoms with E-state index in [1.54, 1.807) is 41.4 Å². The molecule has 0 saturated heterocycles. The standard InChI is InChI=1S/C32H33N9O/c1-34-27-13-11-26(12-14-27)20-36-31(42)28(17-23-5-3-2-4-6-23)38-29-18-30(41-16-15-35-22-41)40-32(39-29)37-21-25-9-7-24(19-33)8-10-25/h7-16,18,22-23,28H,2-6,17,20-21H2,(H,36,42)(H2,37,38,39,40)/t28-/m1/s1. The van der Waals surface area contributed by atoms with E-state index >= 15 is 0 Å². The van der Waals surface area contributed by atoms with E-state index in [9.17, 15) is 4.79 Å². The number of anilines is 2. The Hall–Kier alpha value is -5.22. The van der Waals surface area contributed by atoms with Crippen LogP contribution in [0.1, 0.15) is 55.2 Å². The molecule has 3 N–H and O–H groups in total. The number of nitriles is 1. The zero-order valence-corrected chi connectivity index (χ0v) is 23.3. The van der Waals surface area contributed by atoms with Crippen LogP contribution in [0.2, 0.25) is 0 Å². The number of carbonyl (C=O) groups excluding carboxylic acids is 1. The van der Waals surface area contributed by atoms with E-state index in [4.69, 9.17) is 16.8 Å². The van der Waals surface area contributed by atoms with Gasteiger partial charge in [0.25, 0.3) is 0 Å². The second kappa shape index (κ2) is 13.9. The molecule has 2 aromatic heterocycles. The van der Waals surface area contributed by atoms with Gasteiger partial charge in [-0.1, -0.05) is 68.5 Å². The highest BCUT2D eigenvalue weighted by atomic mass is 16.2. The molecule has 42 heavy (non-hydrogen) atoms. The molecule has 0 radical (unpaired) electrons. The number of carbonyl (C=O) groups is 1. The van der Waals surface area contributed by atoms with Crippen molar-refractivity contribution in [2.24, 2.45) is 5.92 Å². The van der Waals surface area contributed by atoms with Gasteiger partial charge in [0.15, 0.2) is 5.69 Å². The van der Waals surface area contributed by atoms with Crippen LogP contribution in [-0.2, 0) is 17.9 Å². The van der Waals surface area contributed by atoms with E-state index in [1.807, 2.05) is 36.5 Å². The van der Waals surface area contributed by atoms with Crippen LogP contribution in [0.25, 0.3) is 10.7 Å². The smallest absolute Gasteiger partial charge is 0.242 e. The van der Waals surface area contributed by atoms with Gasteiger partial charge in [-0.25, -0.2) is 9.83 Å². The number of rotatable bonds is 11. The summed E-state index contributed by atoms with van der Waals surface area (Å²) < 4.78 is 1.79. The van der Waals surface area contributed by atoms with E-state index in [-0.39, 0.29) is 5.91 Å². The summed E-state index contributed by atoms with van der Waals surface area (Å²) in [5, 5.41) is 18.9. The third-order valence-corrected chi connectivity index (χ3v) is 7.48.